The average Bonchev–Trinajstić information content (AvgIpc) is 2.26. The molecule has 1 rings (SSSR count). The fraction of sp³-hybridized carbons (Fsp3) is 0.100. The van der Waals surface area contributed by atoms with Crippen molar-refractivity contribution in [1.29, 1.82) is 0 Å². The van der Waals surface area contributed by atoms with Gasteiger partial charge >= 0.3 is 5.97 Å². The van der Waals surface area contributed by atoms with Crippen LogP contribution in [0, 0.1) is 0 Å². The number of hydrogen-bond donors (Lipinski definition) is 1. The van der Waals surface area contributed by atoms with Crippen molar-refractivity contribution in [2.75, 3.05) is 7.11 Å². The van der Waals surface area contributed by atoms with Crippen LogP contribution in [0.5, 0.6) is 5.75 Å². The van der Waals surface area contributed by atoms with Gasteiger partial charge in [-0.25, -0.2) is 9.00 Å². The van der Waals surface area contributed by atoms with Crippen molar-refractivity contribution in [2.24, 2.45) is 0 Å². The van der Waals surface area contributed by atoms with E-state index in [9.17, 15) is 9.00 Å². The van der Waals surface area contributed by atoms with Gasteiger partial charge in [0, 0.05) is 16.4 Å². The lowest BCUT2D eigenvalue weighted by Gasteiger charge is -2.00. The number of benzene rings is 1. The van der Waals surface area contributed by atoms with Gasteiger partial charge in [-0.2, -0.15) is 0 Å². The van der Waals surface area contributed by atoms with Gasteiger partial charge in [-0.05, 0) is 24.3 Å². The van der Waals surface area contributed by atoms with E-state index in [0.717, 1.165) is 11.5 Å². The minimum atomic E-state index is -1.43. The maximum Gasteiger partial charge on any atom is 0.328 e. The van der Waals surface area contributed by atoms with Crippen LogP contribution in [-0.2, 0) is 15.6 Å². The fourth-order valence-corrected chi connectivity index (χ4v) is 1.71. The number of carboxylic acid groups (broad SMARTS) is 1. The fourth-order valence-electron chi connectivity index (χ4n) is 0.908. The Kier molecular flexibility index (Phi) is 4.05. The largest absolute Gasteiger partial charge is 0.497 e. The minimum absolute atomic E-state index is 0.535. The van der Waals surface area contributed by atoms with Crippen LogP contribution in [0.25, 0.3) is 0 Å². The Balaban J connectivity index is 2.79. The van der Waals surface area contributed by atoms with E-state index in [-0.39, 0.29) is 0 Å². The van der Waals surface area contributed by atoms with Crippen molar-refractivity contribution in [1.82, 2.24) is 0 Å². The molecule has 0 spiro atoms. The first-order valence-corrected chi connectivity index (χ1v) is 5.30. The molecule has 1 unspecified atom stereocenters. The quantitative estimate of drug-likeness (QED) is 0.788. The number of ether oxygens (including phenoxy) is 1. The molecule has 0 saturated heterocycles. The highest BCUT2D eigenvalue weighted by molar-refractivity contribution is 7.88. The van der Waals surface area contributed by atoms with Gasteiger partial charge in [-0.1, -0.05) is 0 Å². The lowest BCUT2D eigenvalue weighted by atomic mass is 10.3. The Labute approximate surface area is 89.6 Å². The number of carbonyl (C=O) groups is 1. The number of methoxy groups -OCH3 is 1. The average molecular weight is 226 g/mol. The third-order valence-corrected chi connectivity index (χ3v) is 2.75. The number of aliphatic carboxylic acids is 1. The van der Waals surface area contributed by atoms with Gasteiger partial charge in [0.2, 0.25) is 0 Å². The van der Waals surface area contributed by atoms with Crippen molar-refractivity contribution >= 4 is 16.8 Å². The Morgan fingerprint density at radius 3 is 2.47 bits per heavy atom. The van der Waals surface area contributed by atoms with E-state index in [4.69, 9.17) is 9.84 Å². The van der Waals surface area contributed by atoms with Crippen LogP contribution >= 0.6 is 0 Å². The Morgan fingerprint density at radius 2 is 2.00 bits per heavy atom. The highest BCUT2D eigenvalue weighted by Gasteiger charge is 2.00. The van der Waals surface area contributed by atoms with Gasteiger partial charge in [0.1, 0.15) is 5.75 Å². The molecule has 4 nitrogen and oxygen atoms in total. The molecule has 0 bridgehead atoms. The zero-order chi connectivity index (χ0) is 11.3. The minimum Gasteiger partial charge on any atom is -0.497 e. The normalized spacial score (nSPS) is 12.6. The first-order chi connectivity index (χ1) is 7.13. The third-order valence-electron chi connectivity index (χ3n) is 1.63. The van der Waals surface area contributed by atoms with E-state index < -0.39 is 16.8 Å². The van der Waals surface area contributed by atoms with Crippen LogP contribution in [-0.4, -0.2) is 22.4 Å². The Bertz CT molecular complexity index is 394. The van der Waals surface area contributed by atoms with Crippen LogP contribution in [0.3, 0.4) is 0 Å². The standard InChI is InChI=1S/C10H10O4S/c1-14-8-2-4-9(5-3-8)15(13)7-6-10(11)12/h2-7H,1H3,(H,11,12)/b7-6+. The lowest BCUT2D eigenvalue weighted by Crippen LogP contribution is -1.91. The zero-order valence-corrected chi connectivity index (χ0v) is 8.86. The highest BCUT2D eigenvalue weighted by Crippen LogP contribution is 2.14. The van der Waals surface area contributed by atoms with Crippen molar-refractivity contribution < 1.29 is 18.8 Å². The highest BCUT2D eigenvalue weighted by atomic mass is 32.2. The first kappa shape index (κ1) is 11.5. The van der Waals surface area contributed by atoms with Gasteiger partial charge in [-0.3, -0.25) is 0 Å². The summed E-state index contributed by atoms with van der Waals surface area (Å²) in [6, 6.07) is 6.59. The third kappa shape index (κ3) is 3.55. The van der Waals surface area contributed by atoms with Gasteiger partial charge in [0.25, 0.3) is 0 Å². The summed E-state index contributed by atoms with van der Waals surface area (Å²) in [6.45, 7) is 0. The van der Waals surface area contributed by atoms with E-state index in [1.807, 2.05) is 0 Å². The molecule has 15 heavy (non-hydrogen) atoms. The smallest absolute Gasteiger partial charge is 0.328 e. The number of rotatable bonds is 4. The van der Waals surface area contributed by atoms with Crippen LogP contribution in [0.1, 0.15) is 0 Å². The second kappa shape index (κ2) is 5.31. The van der Waals surface area contributed by atoms with E-state index in [0.29, 0.717) is 10.6 Å². The molecule has 1 aromatic rings. The molecule has 80 valence electrons. The molecule has 0 saturated carbocycles. The van der Waals surface area contributed by atoms with Crippen molar-refractivity contribution in [3.8, 4) is 5.75 Å². The Hall–Kier alpha value is -1.62. The van der Waals surface area contributed by atoms with E-state index in [1.54, 1.807) is 24.3 Å². The van der Waals surface area contributed by atoms with Gasteiger partial charge in [-0.15, -0.1) is 0 Å². The van der Waals surface area contributed by atoms with Crippen LogP contribution in [0.4, 0.5) is 0 Å². The summed E-state index contributed by atoms with van der Waals surface area (Å²) in [5, 5.41) is 9.48. The summed E-state index contributed by atoms with van der Waals surface area (Å²) in [7, 11) is 0.107. The van der Waals surface area contributed by atoms with E-state index in [1.165, 1.54) is 7.11 Å². The molecule has 0 aliphatic heterocycles. The lowest BCUT2D eigenvalue weighted by molar-refractivity contribution is -0.131. The molecule has 1 atom stereocenters. The summed E-state index contributed by atoms with van der Waals surface area (Å²) >= 11 is 0. The molecule has 0 aliphatic carbocycles. The number of hydrogen-bond acceptors (Lipinski definition) is 3. The maximum atomic E-state index is 11.5. The number of carboxylic acids is 1. The molecule has 5 heteroatoms. The van der Waals surface area contributed by atoms with Crippen molar-refractivity contribution in [3.05, 3.63) is 35.7 Å². The summed E-state index contributed by atoms with van der Waals surface area (Å²) in [5.41, 5.74) is 0. The summed E-state index contributed by atoms with van der Waals surface area (Å²) in [6.07, 6.45) is 0.861. The predicted octanol–water partition coefficient (Wildman–Crippen LogP) is 1.40. The Morgan fingerprint density at radius 1 is 1.40 bits per heavy atom. The first-order valence-electron chi connectivity index (χ1n) is 4.09. The van der Waals surface area contributed by atoms with Gasteiger partial charge < -0.3 is 9.84 Å². The maximum absolute atomic E-state index is 11.5. The van der Waals surface area contributed by atoms with Crippen LogP contribution in [0.15, 0.2) is 40.6 Å². The van der Waals surface area contributed by atoms with Crippen molar-refractivity contribution in [2.45, 2.75) is 4.90 Å². The molecule has 0 heterocycles. The molecule has 0 radical (unpaired) electrons. The predicted molar refractivity (Wildman–Crippen MR) is 56.2 cm³/mol. The van der Waals surface area contributed by atoms with E-state index >= 15 is 0 Å². The molecule has 0 fully saturated rings. The molecule has 0 amide bonds. The van der Waals surface area contributed by atoms with E-state index in [2.05, 4.69) is 0 Å². The molecular formula is C10H10O4S. The van der Waals surface area contributed by atoms with Crippen molar-refractivity contribution in [3.63, 3.8) is 0 Å². The van der Waals surface area contributed by atoms with Crippen LogP contribution < -0.4 is 4.74 Å². The topological polar surface area (TPSA) is 63.6 Å². The molecular weight excluding hydrogens is 216 g/mol. The summed E-state index contributed by atoms with van der Waals surface area (Å²) in [5.74, 6) is -0.449. The SMILES string of the molecule is COc1ccc(S(=O)/C=C/C(=O)O)cc1. The molecule has 1 N–H and O–H groups in total. The van der Waals surface area contributed by atoms with Crippen LogP contribution in [0.2, 0.25) is 0 Å². The zero-order valence-electron chi connectivity index (χ0n) is 8.04. The van der Waals surface area contributed by atoms with Gasteiger partial charge in [0.05, 0.1) is 17.9 Å². The molecule has 1 aromatic carbocycles. The summed E-state index contributed by atoms with van der Waals surface area (Å²) in [4.78, 5) is 10.7. The second-order valence-electron chi connectivity index (χ2n) is 2.61. The monoisotopic (exact) mass is 226 g/mol. The van der Waals surface area contributed by atoms with Gasteiger partial charge in [0.15, 0.2) is 0 Å². The summed E-state index contributed by atoms with van der Waals surface area (Å²) < 4.78 is 16.4. The molecule has 0 aromatic heterocycles. The molecule has 0 aliphatic rings. The second-order valence-corrected chi connectivity index (χ2v) is 3.95.